The molecule has 1 fully saturated rings. The van der Waals surface area contributed by atoms with Crippen molar-refractivity contribution in [3.8, 4) is 5.75 Å². The van der Waals surface area contributed by atoms with Gasteiger partial charge >= 0.3 is 0 Å². The first kappa shape index (κ1) is 21.3. The van der Waals surface area contributed by atoms with E-state index in [9.17, 15) is 4.39 Å². The van der Waals surface area contributed by atoms with Gasteiger partial charge in [-0.3, -0.25) is 4.99 Å². The Bertz CT molecular complexity index is 1000. The minimum absolute atomic E-state index is 0.189. The number of aromatic nitrogens is 1. The van der Waals surface area contributed by atoms with Gasteiger partial charge in [0.25, 0.3) is 0 Å². The Morgan fingerprint density at radius 2 is 2.13 bits per heavy atom. The van der Waals surface area contributed by atoms with Crippen molar-refractivity contribution in [1.82, 2.24) is 9.88 Å². The van der Waals surface area contributed by atoms with E-state index >= 15 is 0 Å². The lowest BCUT2D eigenvalue weighted by Crippen LogP contribution is -2.44. The summed E-state index contributed by atoms with van der Waals surface area (Å²) < 4.78 is 19.2. The predicted octanol–water partition coefficient (Wildman–Crippen LogP) is 4.75. The summed E-state index contributed by atoms with van der Waals surface area (Å²) in [7, 11) is 3.21. The Kier molecular flexibility index (Phi) is 6.68. The highest BCUT2D eigenvalue weighted by atomic mass is 19.1. The number of ether oxygens (including phenoxy) is 1. The van der Waals surface area contributed by atoms with E-state index < -0.39 is 5.82 Å². The zero-order valence-electron chi connectivity index (χ0n) is 17.9. The van der Waals surface area contributed by atoms with E-state index in [1.165, 1.54) is 13.2 Å². The molecule has 3 rings (SSSR count). The zero-order valence-corrected chi connectivity index (χ0v) is 17.9. The predicted molar refractivity (Wildman–Crippen MR) is 120 cm³/mol. The molecule has 0 saturated carbocycles. The van der Waals surface area contributed by atoms with Gasteiger partial charge in [-0.25, -0.2) is 9.37 Å². The van der Waals surface area contributed by atoms with E-state index in [1.54, 1.807) is 25.4 Å². The fourth-order valence-corrected chi connectivity index (χ4v) is 3.47. The molecule has 0 unspecified atom stereocenters. The monoisotopic (exact) mass is 403 g/mol. The number of methoxy groups -OCH3 is 1. The smallest absolute Gasteiger partial charge is 0.165 e. The van der Waals surface area contributed by atoms with Crippen molar-refractivity contribution in [3.05, 3.63) is 83.1 Å². The third kappa shape index (κ3) is 4.60. The fraction of sp³-hybridized carbons (Fsp3) is 0.280. The molecule has 0 spiro atoms. The van der Waals surface area contributed by atoms with E-state index in [-0.39, 0.29) is 5.75 Å². The summed E-state index contributed by atoms with van der Waals surface area (Å²) in [5, 5.41) is 0. The fourth-order valence-electron chi connectivity index (χ4n) is 3.47. The van der Waals surface area contributed by atoms with Crippen molar-refractivity contribution in [2.75, 3.05) is 27.2 Å². The van der Waals surface area contributed by atoms with Gasteiger partial charge in [0.15, 0.2) is 11.6 Å². The summed E-state index contributed by atoms with van der Waals surface area (Å²) in [4.78, 5) is 11.0. The van der Waals surface area contributed by atoms with Crippen LogP contribution in [-0.2, 0) is 0 Å². The van der Waals surface area contributed by atoms with Crippen LogP contribution in [0.4, 0.5) is 4.39 Å². The maximum Gasteiger partial charge on any atom is 0.165 e. The van der Waals surface area contributed by atoms with Crippen molar-refractivity contribution < 1.29 is 9.13 Å². The number of likely N-dealkylation sites (tertiary alicyclic amines) is 1. The van der Waals surface area contributed by atoms with Gasteiger partial charge < -0.3 is 9.64 Å². The first-order valence-electron chi connectivity index (χ1n) is 9.83. The molecular weight excluding hydrogens is 377 g/mol. The lowest BCUT2D eigenvalue weighted by molar-refractivity contribution is 0.169. The van der Waals surface area contributed by atoms with Gasteiger partial charge in [0.2, 0.25) is 0 Å². The SMILES string of the molecule is C=C/C=C(/c1c#cc(/C=C(\C=NC)N2CC(C)C2)nc1)c1cc(OC)c(F)cc1C. The molecule has 0 bridgehead atoms. The highest BCUT2D eigenvalue weighted by molar-refractivity contribution is 5.85. The van der Waals surface area contributed by atoms with Gasteiger partial charge in [0, 0.05) is 32.5 Å². The molecule has 30 heavy (non-hydrogen) atoms. The summed E-state index contributed by atoms with van der Waals surface area (Å²) in [6, 6.07) is 9.46. The molecule has 1 aromatic carbocycles. The molecule has 0 radical (unpaired) electrons. The molecule has 0 N–H and O–H groups in total. The van der Waals surface area contributed by atoms with E-state index in [2.05, 4.69) is 40.5 Å². The van der Waals surface area contributed by atoms with Crippen molar-refractivity contribution in [2.24, 2.45) is 10.9 Å². The second-order valence-electron chi connectivity index (χ2n) is 7.39. The molecule has 4 nitrogen and oxygen atoms in total. The number of rotatable bonds is 7. The van der Waals surface area contributed by atoms with Crippen LogP contribution in [0.2, 0.25) is 0 Å². The van der Waals surface area contributed by atoms with Crippen LogP contribution in [0.1, 0.15) is 29.3 Å². The number of aryl methyl sites for hydroxylation is 1. The zero-order chi connectivity index (χ0) is 21.7. The van der Waals surface area contributed by atoms with E-state index in [0.29, 0.717) is 11.6 Å². The Hall–Kier alpha value is -3.39. The Morgan fingerprint density at radius 1 is 1.37 bits per heavy atom. The van der Waals surface area contributed by atoms with Crippen LogP contribution in [0.25, 0.3) is 11.6 Å². The average molecular weight is 404 g/mol. The lowest BCUT2D eigenvalue weighted by Gasteiger charge is -2.39. The molecule has 0 amide bonds. The Balaban J connectivity index is 1.94. The summed E-state index contributed by atoms with van der Waals surface area (Å²) in [5.41, 5.74) is 4.88. The second kappa shape index (κ2) is 9.41. The van der Waals surface area contributed by atoms with Gasteiger partial charge in [-0.15, -0.1) is 0 Å². The third-order valence-electron chi connectivity index (χ3n) is 5.00. The van der Waals surface area contributed by atoms with Crippen molar-refractivity contribution in [2.45, 2.75) is 13.8 Å². The molecule has 1 saturated heterocycles. The van der Waals surface area contributed by atoms with Crippen LogP contribution in [0, 0.1) is 30.8 Å². The number of halogens is 1. The molecule has 1 aliphatic rings. The van der Waals surface area contributed by atoms with Crippen molar-refractivity contribution in [1.29, 1.82) is 0 Å². The largest absolute Gasteiger partial charge is 0.494 e. The molecule has 1 aromatic heterocycles. The number of allylic oxidation sites excluding steroid dienone is 3. The summed E-state index contributed by atoms with van der Waals surface area (Å²) in [6.45, 7) is 9.91. The van der Waals surface area contributed by atoms with E-state index in [4.69, 9.17) is 4.74 Å². The molecule has 2 heterocycles. The standard InChI is InChI=1S/C25H26FN3O/c1-6-7-22(23-12-25(30-5)24(26)10-18(23)3)19-8-9-20(28-13-19)11-21(14-27-4)29-15-17(2)16-29/h6-7,10-14,17H,1,15-16H2,2-5H3/b21-11+,22-7-,27-14?. The van der Waals surface area contributed by atoms with Gasteiger partial charge in [-0.1, -0.05) is 31.7 Å². The minimum atomic E-state index is -0.392. The highest BCUT2D eigenvalue weighted by Crippen LogP contribution is 2.30. The lowest BCUT2D eigenvalue weighted by atomic mass is 9.95. The van der Waals surface area contributed by atoms with Crippen LogP contribution < -0.4 is 4.74 Å². The van der Waals surface area contributed by atoms with E-state index in [1.807, 2.05) is 25.3 Å². The molecule has 154 valence electrons. The molecule has 5 heteroatoms. The van der Waals surface area contributed by atoms with Crippen LogP contribution in [0.15, 0.2) is 47.7 Å². The Morgan fingerprint density at radius 3 is 2.70 bits per heavy atom. The molecule has 0 atom stereocenters. The second-order valence-corrected chi connectivity index (χ2v) is 7.39. The summed E-state index contributed by atoms with van der Waals surface area (Å²) in [6.07, 6.45) is 9.08. The molecule has 2 aromatic rings. The first-order chi connectivity index (χ1) is 14.5. The van der Waals surface area contributed by atoms with Gasteiger partial charge in [-0.2, -0.15) is 0 Å². The van der Waals surface area contributed by atoms with Gasteiger partial charge in [-0.05, 0) is 53.8 Å². The molecular formula is C25H26FN3O. The third-order valence-corrected chi connectivity index (χ3v) is 5.00. The van der Waals surface area contributed by atoms with Crippen LogP contribution in [0.3, 0.4) is 0 Å². The normalized spacial score (nSPS) is 15.2. The molecule has 1 aliphatic heterocycles. The maximum absolute atomic E-state index is 14.0. The summed E-state index contributed by atoms with van der Waals surface area (Å²) in [5.74, 6) is 0.484. The number of hydrogen-bond donors (Lipinski definition) is 0. The quantitative estimate of drug-likeness (QED) is 0.495. The number of hydrogen-bond acceptors (Lipinski definition) is 4. The Labute approximate surface area is 178 Å². The van der Waals surface area contributed by atoms with Crippen LogP contribution >= 0.6 is 0 Å². The average Bonchev–Trinajstić information content (AvgIpc) is 2.71. The minimum Gasteiger partial charge on any atom is -0.494 e. The van der Waals surface area contributed by atoms with Gasteiger partial charge in [0.05, 0.1) is 18.4 Å². The van der Waals surface area contributed by atoms with E-state index in [0.717, 1.165) is 41.1 Å². The van der Waals surface area contributed by atoms with Crippen molar-refractivity contribution >= 4 is 17.9 Å². The molecule has 0 aliphatic carbocycles. The number of aliphatic imine (C=N–C) groups is 1. The van der Waals surface area contributed by atoms with Crippen molar-refractivity contribution in [3.63, 3.8) is 0 Å². The summed E-state index contributed by atoms with van der Waals surface area (Å²) >= 11 is 0. The maximum atomic E-state index is 14.0. The van der Waals surface area contributed by atoms with Crippen LogP contribution in [0.5, 0.6) is 5.75 Å². The highest BCUT2D eigenvalue weighted by Gasteiger charge is 2.23. The number of benzene rings is 1. The van der Waals surface area contributed by atoms with Gasteiger partial charge in [0.1, 0.15) is 5.69 Å². The first-order valence-corrected chi connectivity index (χ1v) is 9.83. The topological polar surface area (TPSA) is 37.7 Å². The number of nitrogens with zero attached hydrogens (tertiary/aromatic N) is 3. The van der Waals surface area contributed by atoms with Crippen LogP contribution in [-0.4, -0.2) is 43.3 Å².